The van der Waals surface area contributed by atoms with E-state index in [0.717, 1.165) is 35.5 Å². The summed E-state index contributed by atoms with van der Waals surface area (Å²) in [6.07, 6.45) is 10.7. The van der Waals surface area contributed by atoms with Crippen molar-refractivity contribution in [3.05, 3.63) is 66.2 Å². The molecule has 34 heavy (non-hydrogen) atoms. The van der Waals surface area contributed by atoms with Crippen molar-refractivity contribution in [1.29, 1.82) is 5.41 Å². The van der Waals surface area contributed by atoms with Gasteiger partial charge in [-0.25, -0.2) is 0 Å². The number of piperidine rings is 1. The van der Waals surface area contributed by atoms with E-state index >= 15 is 0 Å². The normalized spacial score (nSPS) is 13.7. The van der Waals surface area contributed by atoms with Crippen LogP contribution in [0, 0.1) is 5.41 Å². The molecular weight excluding hydrogens is 426 g/mol. The Morgan fingerprint density at radius 3 is 2.56 bits per heavy atom. The fourth-order valence-electron chi connectivity index (χ4n) is 4.19. The maximum Gasteiger partial charge on any atom is 0.274 e. The Morgan fingerprint density at radius 1 is 1.03 bits per heavy atom. The van der Waals surface area contributed by atoms with Gasteiger partial charge < -0.3 is 20.9 Å². The second-order valence-corrected chi connectivity index (χ2v) is 8.93. The fraction of sp³-hybridized carbons (Fsp3) is 0.308. The Kier molecular flexibility index (Phi) is 7.18. The Hall–Kier alpha value is -3.78. The van der Waals surface area contributed by atoms with Crippen LogP contribution in [-0.4, -0.2) is 53.7 Å². The van der Waals surface area contributed by atoms with E-state index < -0.39 is 5.91 Å². The Balaban J connectivity index is 1.54. The molecule has 1 aliphatic heterocycles. The molecule has 0 radical (unpaired) electrons. The second-order valence-electron chi connectivity index (χ2n) is 8.93. The molecule has 176 valence electrons. The summed E-state index contributed by atoms with van der Waals surface area (Å²) < 4.78 is 0. The third-order valence-corrected chi connectivity index (χ3v) is 5.88. The predicted molar refractivity (Wildman–Crippen MR) is 137 cm³/mol. The van der Waals surface area contributed by atoms with Crippen molar-refractivity contribution < 1.29 is 4.79 Å². The number of nitrogens with zero attached hydrogens (tertiary/aromatic N) is 4. The van der Waals surface area contributed by atoms with Gasteiger partial charge in [-0.1, -0.05) is 6.07 Å². The second kappa shape index (κ2) is 10.4. The van der Waals surface area contributed by atoms with Crippen molar-refractivity contribution in [2.75, 3.05) is 43.1 Å². The highest BCUT2D eigenvalue weighted by molar-refractivity contribution is 6.48. The quantitative estimate of drug-likeness (QED) is 0.368. The maximum atomic E-state index is 12.9. The molecule has 1 aromatic carbocycles. The van der Waals surface area contributed by atoms with Crippen LogP contribution in [0.5, 0.6) is 0 Å². The lowest BCUT2D eigenvalue weighted by Gasteiger charge is -2.28. The molecule has 3 heterocycles. The van der Waals surface area contributed by atoms with E-state index in [0.29, 0.717) is 23.5 Å². The SMILES string of the molecule is CN(C)Cc1cncc(NC(=O)C(=N)c2cc(-c3cncc(N4CCCCC4)c3)ccc2N)c1. The fourth-order valence-corrected chi connectivity index (χ4v) is 4.19. The lowest BCUT2D eigenvalue weighted by atomic mass is 9.99. The van der Waals surface area contributed by atoms with Gasteiger partial charge in [-0.2, -0.15) is 0 Å². The van der Waals surface area contributed by atoms with Gasteiger partial charge >= 0.3 is 0 Å². The first kappa shape index (κ1) is 23.4. The van der Waals surface area contributed by atoms with Crippen molar-refractivity contribution in [3.8, 4) is 11.1 Å². The van der Waals surface area contributed by atoms with E-state index in [1.54, 1.807) is 30.7 Å². The summed E-state index contributed by atoms with van der Waals surface area (Å²) in [5.41, 5.74) is 11.1. The molecule has 1 amide bonds. The zero-order valence-electron chi connectivity index (χ0n) is 19.7. The molecule has 0 aliphatic carbocycles. The van der Waals surface area contributed by atoms with Crippen molar-refractivity contribution in [2.45, 2.75) is 25.8 Å². The number of hydrogen-bond acceptors (Lipinski definition) is 7. The standard InChI is InChI=1S/C26H31N7O/c1-32(2)17-18-10-21(15-29-13-18)31-26(34)25(28)23-12-19(6-7-24(23)27)20-11-22(16-30-14-20)33-8-4-3-5-9-33/h6-7,10-16,28H,3-5,8-9,17,27H2,1-2H3,(H,31,34). The molecule has 0 spiro atoms. The number of hydrogen-bond donors (Lipinski definition) is 3. The number of nitrogens with one attached hydrogen (secondary N) is 2. The molecule has 8 heteroatoms. The minimum Gasteiger partial charge on any atom is -0.398 e. The van der Waals surface area contributed by atoms with Crippen molar-refractivity contribution in [1.82, 2.24) is 14.9 Å². The van der Waals surface area contributed by atoms with E-state index in [-0.39, 0.29) is 5.71 Å². The molecule has 8 nitrogen and oxygen atoms in total. The topological polar surface area (TPSA) is 111 Å². The first-order valence-corrected chi connectivity index (χ1v) is 11.5. The molecule has 1 fully saturated rings. The lowest BCUT2D eigenvalue weighted by molar-refractivity contribution is -0.110. The monoisotopic (exact) mass is 457 g/mol. The highest BCUT2D eigenvalue weighted by Gasteiger charge is 2.17. The number of aromatic nitrogens is 2. The van der Waals surface area contributed by atoms with Crippen LogP contribution in [0.4, 0.5) is 17.1 Å². The minimum atomic E-state index is -0.534. The van der Waals surface area contributed by atoms with Gasteiger partial charge in [-0.05, 0) is 68.8 Å². The van der Waals surface area contributed by atoms with Crippen molar-refractivity contribution >= 4 is 28.7 Å². The number of carbonyl (C=O) groups excluding carboxylic acids is 1. The average Bonchev–Trinajstić information content (AvgIpc) is 2.84. The molecule has 2 aromatic heterocycles. The summed E-state index contributed by atoms with van der Waals surface area (Å²) in [6, 6.07) is 9.39. The zero-order valence-corrected chi connectivity index (χ0v) is 19.7. The van der Waals surface area contributed by atoms with E-state index in [2.05, 4.69) is 26.3 Å². The van der Waals surface area contributed by atoms with Crippen molar-refractivity contribution in [3.63, 3.8) is 0 Å². The van der Waals surface area contributed by atoms with Gasteiger partial charge in [-0.3, -0.25) is 20.2 Å². The molecular formula is C26H31N7O. The Morgan fingerprint density at radius 2 is 1.79 bits per heavy atom. The third kappa shape index (κ3) is 5.58. The number of amides is 1. The third-order valence-electron chi connectivity index (χ3n) is 5.88. The summed E-state index contributed by atoms with van der Waals surface area (Å²) >= 11 is 0. The molecule has 4 rings (SSSR count). The molecule has 4 N–H and O–H groups in total. The summed E-state index contributed by atoms with van der Waals surface area (Å²) in [6.45, 7) is 2.77. The number of nitrogens with two attached hydrogens (primary N) is 1. The summed E-state index contributed by atoms with van der Waals surface area (Å²) in [5.74, 6) is -0.534. The lowest BCUT2D eigenvalue weighted by Crippen LogP contribution is -2.29. The van der Waals surface area contributed by atoms with E-state index in [1.165, 1.54) is 19.3 Å². The van der Waals surface area contributed by atoms with Crippen LogP contribution in [0.1, 0.15) is 30.4 Å². The first-order valence-electron chi connectivity index (χ1n) is 11.5. The highest BCUT2D eigenvalue weighted by Crippen LogP contribution is 2.28. The van der Waals surface area contributed by atoms with Gasteiger partial charge in [0.25, 0.3) is 5.91 Å². The zero-order chi connectivity index (χ0) is 24.1. The Bertz CT molecular complexity index is 1190. The summed E-state index contributed by atoms with van der Waals surface area (Å²) in [7, 11) is 3.93. The van der Waals surface area contributed by atoms with Gasteiger partial charge in [0.15, 0.2) is 0 Å². The number of pyridine rings is 2. The van der Waals surface area contributed by atoms with Gasteiger partial charge in [-0.15, -0.1) is 0 Å². The largest absolute Gasteiger partial charge is 0.398 e. The number of nitrogen functional groups attached to an aromatic ring is 1. The van der Waals surface area contributed by atoms with E-state index in [9.17, 15) is 4.79 Å². The van der Waals surface area contributed by atoms with E-state index in [4.69, 9.17) is 11.1 Å². The van der Waals surface area contributed by atoms with Crippen LogP contribution in [0.25, 0.3) is 11.1 Å². The van der Waals surface area contributed by atoms with Crippen LogP contribution >= 0.6 is 0 Å². The minimum absolute atomic E-state index is 0.197. The van der Waals surface area contributed by atoms with Crippen molar-refractivity contribution in [2.24, 2.45) is 0 Å². The smallest absolute Gasteiger partial charge is 0.274 e. The first-order chi connectivity index (χ1) is 16.4. The van der Waals surface area contributed by atoms with Crippen LogP contribution < -0.4 is 16.0 Å². The maximum absolute atomic E-state index is 12.9. The summed E-state index contributed by atoms with van der Waals surface area (Å²) in [4.78, 5) is 25.9. The van der Waals surface area contributed by atoms with Gasteiger partial charge in [0.2, 0.25) is 0 Å². The number of rotatable bonds is 7. The predicted octanol–water partition coefficient (Wildman–Crippen LogP) is 3.78. The number of anilines is 3. The molecule has 0 atom stereocenters. The molecule has 0 saturated carbocycles. The number of carbonyl (C=O) groups is 1. The summed E-state index contributed by atoms with van der Waals surface area (Å²) in [5, 5.41) is 11.3. The Labute approximate surface area is 200 Å². The van der Waals surface area contributed by atoms with Crippen LogP contribution in [0.15, 0.2) is 55.1 Å². The molecule has 0 bridgehead atoms. The molecule has 3 aromatic rings. The van der Waals surface area contributed by atoms with Gasteiger partial charge in [0, 0.05) is 48.8 Å². The van der Waals surface area contributed by atoms with Crippen LogP contribution in [-0.2, 0) is 11.3 Å². The molecule has 1 aliphatic rings. The van der Waals surface area contributed by atoms with Crippen LogP contribution in [0.2, 0.25) is 0 Å². The average molecular weight is 458 g/mol. The number of benzene rings is 1. The van der Waals surface area contributed by atoms with Gasteiger partial charge in [0.05, 0.1) is 23.8 Å². The van der Waals surface area contributed by atoms with E-state index in [1.807, 2.05) is 37.3 Å². The highest BCUT2D eigenvalue weighted by atomic mass is 16.1. The van der Waals surface area contributed by atoms with Gasteiger partial charge in [0.1, 0.15) is 5.71 Å². The molecule has 1 saturated heterocycles. The molecule has 0 unspecified atom stereocenters. The van der Waals surface area contributed by atoms with Crippen LogP contribution in [0.3, 0.4) is 0 Å².